The van der Waals surface area contributed by atoms with Gasteiger partial charge in [0.25, 0.3) is 0 Å². The van der Waals surface area contributed by atoms with Crippen molar-refractivity contribution in [2.45, 2.75) is 6.82 Å². The van der Waals surface area contributed by atoms with E-state index in [2.05, 4.69) is 15.9 Å². The van der Waals surface area contributed by atoms with Crippen molar-refractivity contribution in [1.29, 1.82) is 0 Å². The summed E-state index contributed by atoms with van der Waals surface area (Å²) >= 11 is 0. The molecule has 2 amide bonds. The monoisotopic (exact) mass is 202 g/mol. The summed E-state index contributed by atoms with van der Waals surface area (Å²) < 4.78 is 0. The fourth-order valence-corrected chi connectivity index (χ4v) is 0.616. The van der Waals surface area contributed by atoms with Gasteiger partial charge in [0.15, 0.2) is 0 Å². The third kappa shape index (κ3) is 7.53. The minimum Gasteiger partial charge on any atom is -0.437 e. The SMILES string of the molecule is CB(O)NCC(=O)NCNC(=O)CN. The molecular weight excluding hydrogens is 187 g/mol. The van der Waals surface area contributed by atoms with E-state index in [4.69, 9.17) is 10.8 Å². The lowest BCUT2D eigenvalue weighted by molar-refractivity contribution is -0.121. The predicted octanol–water partition coefficient (Wildman–Crippen LogP) is -3.17. The highest BCUT2D eigenvalue weighted by Gasteiger charge is 2.05. The van der Waals surface area contributed by atoms with Crippen molar-refractivity contribution < 1.29 is 14.6 Å². The van der Waals surface area contributed by atoms with Crippen LogP contribution in [0, 0.1) is 0 Å². The second kappa shape index (κ2) is 7.30. The van der Waals surface area contributed by atoms with E-state index < -0.39 is 7.05 Å². The molecule has 14 heavy (non-hydrogen) atoms. The van der Waals surface area contributed by atoms with Crippen molar-refractivity contribution in [1.82, 2.24) is 15.9 Å². The van der Waals surface area contributed by atoms with E-state index in [0.29, 0.717) is 0 Å². The summed E-state index contributed by atoms with van der Waals surface area (Å²) in [6.07, 6.45) is 0. The fraction of sp³-hybridized carbons (Fsp3) is 0.667. The predicted molar refractivity (Wildman–Crippen MR) is 52.0 cm³/mol. The Balaban J connectivity index is 3.40. The number of carbonyl (C=O) groups excluding carboxylic acids is 2. The van der Waals surface area contributed by atoms with Gasteiger partial charge in [0, 0.05) is 0 Å². The molecule has 0 radical (unpaired) electrons. The first-order valence-electron chi connectivity index (χ1n) is 4.21. The van der Waals surface area contributed by atoms with Crippen LogP contribution < -0.4 is 21.6 Å². The molecule has 0 aromatic carbocycles. The van der Waals surface area contributed by atoms with Crippen LogP contribution in [-0.4, -0.2) is 43.6 Å². The third-order valence-electron chi connectivity index (χ3n) is 1.31. The van der Waals surface area contributed by atoms with Crippen molar-refractivity contribution in [3.05, 3.63) is 0 Å². The van der Waals surface area contributed by atoms with E-state index in [0.717, 1.165) is 0 Å². The van der Waals surface area contributed by atoms with E-state index in [1.807, 2.05) is 0 Å². The van der Waals surface area contributed by atoms with Crippen LogP contribution in [0.15, 0.2) is 0 Å². The van der Waals surface area contributed by atoms with E-state index in [1.165, 1.54) is 6.82 Å². The number of hydrogen-bond donors (Lipinski definition) is 5. The average Bonchev–Trinajstić information content (AvgIpc) is 2.14. The molecule has 8 heteroatoms. The smallest absolute Gasteiger partial charge is 0.374 e. The molecule has 0 rings (SSSR count). The van der Waals surface area contributed by atoms with Gasteiger partial charge in [-0.1, -0.05) is 0 Å². The van der Waals surface area contributed by atoms with Crippen LogP contribution >= 0.6 is 0 Å². The molecule has 0 aromatic rings. The number of rotatable bonds is 6. The number of amides is 2. The zero-order chi connectivity index (χ0) is 11.0. The molecule has 6 N–H and O–H groups in total. The summed E-state index contributed by atoms with van der Waals surface area (Å²) in [5, 5.41) is 16.0. The van der Waals surface area contributed by atoms with Crippen molar-refractivity contribution in [2.24, 2.45) is 5.73 Å². The van der Waals surface area contributed by atoms with Gasteiger partial charge in [0.05, 0.1) is 19.8 Å². The summed E-state index contributed by atoms with van der Waals surface area (Å²) in [6, 6.07) is 0. The van der Waals surface area contributed by atoms with Gasteiger partial charge < -0.3 is 26.6 Å². The molecule has 0 unspecified atom stereocenters. The van der Waals surface area contributed by atoms with Crippen molar-refractivity contribution in [3.8, 4) is 0 Å². The summed E-state index contributed by atoms with van der Waals surface area (Å²) in [5.74, 6) is -0.656. The molecule has 0 aromatic heterocycles. The van der Waals surface area contributed by atoms with Crippen LogP contribution in [0.4, 0.5) is 0 Å². The van der Waals surface area contributed by atoms with Gasteiger partial charge in [-0.15, -0.1) is 0 Å². The minimum absolute atomic E-state index is 0.00381. The van der Waals surface area contributed by atoms with Crippen LogP contribution in [0.5, 0.6) is 0 Å². The number of nitrogens with two attached hydrogens (primary N) is 1. The highest BCUT2D eigenvalue weighted by atomic mass is 16.2. The summed E-state index contributed by atoms with van der Waals surface area (Å²) in [5.41, 5.74) is 5.02. The standard InChI is InChI=1S/C6H15BN4O3/c1-7(14)11-3-6(13)10-4-9-5(12)2-8/h11,14H,2-4,8H2,1H3,(H,9,12)(H,10,13). The Morgan fingerprint density at radius 3 is 2.43 bits per heavy atom. The maximum atomic E-state index is 11.0. The molecule has 0 atom stereocenters. The maximum absolute atomic E-state index is 11.0. The van der Waals surface area contributed by atoms with Crippen LogP contribution in [0.2, 0.25) is 6.82 Å². The Bertz CT molecular complexity index is 200. The number of hydrogen-bond acceptors (Lipinski definition) is 5. The Morgan fingerprint density at radius 1 is 1.36 bits per heavy atom. The Morgan fingerprint density at radius 2 is 1.93 bits per heavy atom. The zero-order valence-electron chi connectivity index (χ0n) is 8.04. The van der Waals surface area contributed by atoms with Gasteiger partial charge in [-0.3, -0.25) is 9.59 Å². The summed E-state index contributed by atoms with van der Waals surface area (Å²) in [4.78, 5) is 21.6. The molecule has 7 nitrogen and oxygen atoms in total. The first kappa shape index (κ1) is 12.9. The number of carbonyl (C=O) groups is 2. The molecule has 80 valence electrons. The molecule has 0 aliphatic carbocycles. The Labute approximate surface area is 82.6 Å². The van der Waals surface area contributed by atoms with E-state index in [-0.39, 0.29) is 31.6 Å². The second-order valence-corrected chi connectivity index (χ2v) is 2.64. The molecule has 0 saturated heterocycles. The Hall–Kier alpha value is -1.12. The first-order valence-corrected chi connectivity index (χ1v) is 4.21. The van der Waals surface area contributed by atoms with E-state index in [1.54, 1.807) is 0 Å². The molecule has 0 aliphatic heterocycles. The largest absolute Gasteiger partial charge is 0.437 e. The molecular formula is C6H15BN4O3. The molecule has 0 spiro atoms. The molecule has 0 bridgehead atoms. The lowest BCUT2D eigenvalue weighted by Crippen LogP contribution is -2.45. The van der Waals surface area contributed by atoms with Gasteiger partial charge in [0.1, 0.15) is 0 Å². The van der Waals surface area contributed by atoms with E-state index >= 15 is 0 Å². The van der Waals surface area contributed by atoms with Crippen LogP contribution in [0.3, 0.4) is 0 Å². The summed E-state index contributed by atoms with van der Waals surface area (Å²) in [6.45, 7) is 1.43. The first-order chi connectivity index (χ1) is 6.56. The average molecular weight is 202 g/mol. The number of nitrogens with one attached hydrogen (secondary N) is 3. The van der Waals surface area contributed by atoms with Crippen molar-refractivity contribution in [2.75, 3.05) is 19.8 Å². The lowest BCUT2D eigenvalue weighted by Gasteiger charge is -2.07. The van der Waals surface area contributed by atoms with Crippen LogP contribution in [-0.2, 0) is 9.59 Å². The van der Waals surface area contributed by atoms with Crippen LogP contribution in [0.1, 0.15) is 0 Å². The molecule has 0 fully saturated rings. The highest BCUT2D eigenvalue weighted by Crippen LogP contribution is 1.67. The van der Waals surface area contributed by atoms with E-state index in [9.17, 15) is 9.59 Å². The molecule has 0 heterocycles. The third-order valence-corrected chi connectivity index (χ3v) is 1.31. The summed E-state index contributed by atoms with van der Waals surface area (Å²) in [7, 11) is -0.737. The van der Waals surface area contributed by atoms with Crippen molar-refractivity contribution >= 4 is 18.9 Å². The second-order valence-electron chi connectivity index (χ2n) is 2.64. The van der Waals surface area contributed by atoms with Gasteiger partial charge in [-0.05, 0) is 6.82 Å². The fourth-order valence-electron chi connectivity index (χ4n) is 0.616. The topological polar surface area (TPSA) is 116 Å². The molecule has 0 aliphatic rings. The highest BCUT2D eigenvalue weighted by molar-refractivity contribution is 6.45. The molecule has 0 saturated carbocycles. The van der Waals surface area contributed by atoms with Gasteiger partial charge >= 0.3 is 7.05 Å². The normalized spacial score (nSPS) is 9.36. The van der Waals surface area contributed by atoms with Crippen LogP contribution in [0.25, 0.3) is 0 Å². The maximum Gasteiger partial charge on any atom is 0.374 e. The zero-order valence-corrected chi connectivity index (χ0v) is 8.04. The van der Waals surface area contributed by atoms with Gasteiger partial charge in [0.2, 0.25) is 11.8 Å². The Kier molecular flexibility index (Phi) is 6.72. The minimum atomic E-state index is -0.737. The van der Waals surface area contributed by atoms with Gasteiger partial charge in [-0.2, -0.15) is 0 Å². The lowest BCUT2D eigenvalue weighted by atomic mass is 9.89. The van der Waals surface area contributed by atoms with Gasteiger partial charge in [-0.25, -0.2) is 0 Å². The quantitative estimate of drug-likeness (QED) is 0.230. The van der Waals surface area contributed by atoms with Crippen molar-refractivity contribution in [3.63, 3.8) is 0 Å².